The molecule has 0 aromatic carbocycles. The topological polar surface area (TPSA) is 212 Å². The van der Waals surface area contributed by atoms with Crippen molar-refractivity contribution < 1.29 is 103 Å². The van der Waals surface area contributed by atoms with Crippen molar-refractivity contribution in [2.75, 3.05) is 20.3 Å². The van der Waals surface area contributed by atoms with Crippen molar-refractivity contribution in [1.82, 2.24) is 0 Å². The van der Waals surface area contributed by atoms with Gasteiger partial charge in [-0.25, -0.2) is 0 Å². The molecule has 63 heavy (non-hydrogen) atoms. The first-order valence-corrected chi connectivity index (χ1v) is 23.3. The molecule has 16 heteroatoms. The van der Waals surface area contributed by atoms with E-state index in [1.807, 2.05) is 40.7 Å². The van der Waals surface area contributed by atoms with Gasteiger partial charge < -0.3 is 68.2 Å². The summed E-state index contributed by atoms with van der Waals surface area (Å²) in [5.41, 5.74) is -1.17. The molecule has 2 spiro atoms. The summed E-state index contributed by atoms with van der Waals surface area (Å²) in [6, 6.07) is 0. The van der Waals surface area contributed by atoms with Gasteiger partial charge in [0.05, 0.1) is 61.5 Å². The van der Waals surface area contributed by atoms with Gasteiger partial charge in [0.15, 0.2) is 29.4 Å². The molecule has 0 radical (unpaired) electrons. The SMILES string of the molecule is CC/C=C(\C[C@@]1(C)COC2(CC[C@@](C)([C@H]3C[C@H](O[C@@H]4C[C@@H](O)[C@H](OC)[C@@H](C)O4)[C@@H](C)C4(O[C@@H](C5O[C@@](O)(CO)[C@H](C)C[C@@H]5C)CC4C)O3)O2)C[C@@H]1O)C(=O)C(C)CC(C)C(=O)[O-].[Na+]. The number of hydrogen-bond acceptors (Lipinski definition) is 15. The molecule has 0 aromatic heterocycles. The molecule has 15 nitrogen and oxygen atoms in total. The summed E-state index contributed by atoms with van der Waals surface area (Å²) in [5.74, 6) is -7.33. The maximum Gasteiger partial charge on any atom is 1.00 e. The summed E-state index contributed by atoms with van der Waals surface area (Å²) in [6.45, 7) is 18.7. The number of ether oxygens (including phenoxy) is 8. The minimum Gasteiger partial charge on any atom is -0.550 e. The first-order chi connectivity index (χ1) is 29.0. The van der Waals surface area contributed by atoms with Gasteiger partial charge in [-0.05, 0) is 69.8 Å². The van der Waals surface area contributed by atoms with Crippen LogP contribution in [-0.2, 0) is 47.5 Å². The van der Waals surface area contributed by atoms with Gasteiger partial charge in [0.2, 0.25) is 0 Å². The molecular weight excluding hydrogens is 827 g/mol. The number of hydrogen-bond donors (Lipinski definition) is 4. The second kappa shape index (κ2) is 20.6. The molecule has 6 heterocycles. The molecule has 6 aliphatic rings. The van der Waals surface area contributed by atoms with Crippen LogP contribution in [0.2, 0.25) is 0 Å². The molecule has 0 amide bonds. The normalized spacial score (nSPS) is 47.9. The fourth-order valence-electron chi connectivity index (χ4n) is 11.6. The fraction of sp³-hybridized carbons (Fsp3) is 0.915. The number of carbonyl (C=O) groups is 2. The van der Waals surface area contributed by atoms with E-state index in [4.69, 9.17) is 37.9 Å². The van der Waals surface area contributed by atoms with Crippen molar-refractivity contribution >= 4 is 11.8 Å². The number of methoxy groups -OCH3 is 1. The Morgan fingerprint density at radius 3 is 2.25 bits per heavy atom. The second-order valence-corrected chi connectivity index (χ2v) is 20.8. The van der Waals surface area contributed by atoms with Crippen molar-refractivity contribution in [3.63, 3.8) is 0 Å². The summed E-state index contributed by atoms with van der Waals surface area (Å²) in [4.78, 5) is 25.1. The van der Waals surface area contributed by atoms with Crippen LogP contribution in [0.4, 0.5) is 0 Å². The molecule has 0 aromatic rings. The third kappa shape index (κ3) is 10.7. The van der Waals surface area contributed by atoms with E-state index in [0.29, 0.717) is 44.1 Å². The molecular formula is C47H77NaO15. The molecule has 0 saturated carbocycles. The quantitative estimate of drug-likeness (QED) is 0.141. The maximum absolute atomic E-state index is 13.7. The van der Waals surface area contributed by atoms with Gasteiger partial charge in [0.1, 0.15) is 6.10 Å². The Labute approximate surface area is 396 Å². The number of ketones is 1. The average Bonchev–Trinajstić information content (AvgIpc) is 3.72. The van der Waals surface area contributed by atoms with Crippen LogP contribution in [0.15, 0.2) is 11.6 Å². The van der Waals surface area contributed by atoms with Crippen LogP contribution in [-0.4, -0.2) is 131 Å². The number of aliphatic carboxylic acids is 1. The number of allylic oxidation sites excluding steroid dienone is 2. The van der Waals surface area contributed by atoms with Crippen LogP contribution in [0.5, 0.6) is 0 Å². The first kappa shape index (κ1) is 53.4. The zero-order valence-electron chi connectivity index (χ0n) is 40.0. The number of rotatable bonds is 14. The van der Waals surface area contributed by atoms with Crippen molar-refractivity contribution in [2.24, 2.45) is 40.9 Å². The van der Waals surface area contributed by atoms with E-state index in [1.165, 1.54) is 0 Å². The maximum atomic E-state index is 13.7. The van der Waals surface area contributed by atoms with Gasteiger partial charge >= 0.3 is 29.6 Å². The molecule has 4 N–H and O–H groups in total. The first-order valence-electron chi connectivity index (χ1n) is 23.3. The molecule has 20 atom stereocenters. The van der Waals surface area contributed by atoms with Gasteiger partial charge in [-0.15, -0.1) is 0 Å². The van der Waals surface area contributed by atoms with Gasteiger partial charge in [-0.2, -0.15) is 0 Å². The monoisotopic (exact) mass is 905 g/mol. The number of aliphatic hydroxyl groups is 4. The van der Waals surface area contributed by atoms with E-state index in [0.717, 1.165) is 0 Å². The molecule has 0 aliphatic carbocycles. The van der Waals surface area contributed by atoms with Gasteiger partial charge in [0, 0.05) is 67.8 Å². The Bertz CT molecular complexity index is 1610. The van der Waals surface area contributed by atoms with Gasteiger partial charge in [-0.3, -0.25) is 4.79 Å². The number of aliphatic hydroxyl groups excluding tert-OH is 3. The minimum atomic E-state index is -1.69. The van der Waals surface area contributed by atoms with Crippen LogP contribution >= 0.6 is 0 Å². The summed E-state index contributed by atoms with van der Waals surface area (Å²) in [7, 11) is 1.55. The summed E-state index contributed by atoms with van der Waals surface area (Å²) in [6.07, 6.45) is 0.632. The van der Waals surface area contributed by atoms with Crippen LogP contribution in [0.25, 0.3) is 0 Å². The van der Waals surface area contributed by atoms with Crippen LogP contribution < -0.4 is 34.7 Å². The molecule has 6 rings (SSSR count). The van der Waals surface area contributed by atoms with Crippen molar-refractivity contribution in [3.05, 3.63) is 11.6 Å². The minimum absolute atomic E-state index is 0. The summed E-state index contributed by atoms with van der Waals surface area (Å²) < 4.78 is 53.0. The molecule has 0 bridgehead atoms. The standard InChI is InChI=1S/C47H78O15.Na/c1-12-13-32(39(51)25(2)16-27(4)42(52)53)21-43(9)24-56-45(22-36(43)50)15-14-44(10,62-45)37-20-34(58-38-19-33(49)41(55-11)31(8)57-38)30(7)47(60-37)29(6)18-35(59-47)40-26(3)17-28(5)46(54,23-48)61-40;/h13,25-31,33-38,40-41,48-50,54H,12,14-24H2,1-11H3,(H,52,53);/q;+1/p-1/b32-13+;/t25?,26-,27?,28+,29?,30+,31+,33+,34-,35+,36-,37+,38+,40?,41+,43-,44-,45?,46-,47?;/m0./s1. The second-order valence-electron chi connectivity index (χ2n) is 20.8. The Morgan fingerprint density at radius 1 is 0.952 bits per heavy atom. The number of carboxylic acids is 1. The van der Waals surface area contributed by atoms with E-state index in [-0.39, 0.29) is 91.3 Å². The van der Waals surface area contributed by atoms with E-state index in [2.05, 4.69) is 20.8 Å². The number of Topliss-reactive ketones (excluding diaryl/α,β-unsaturated/α-hetero) is 1. The third-order valence-corrected chi connectivity index (χ3v) is 15.8. The summed E-state index contributed by atoms with van der Waals surface area (Å²) in [5, 5.41) is 55.8. The van der Waals surface area contributed by atoms with E-state index in [1.54, 1.807) is 21.0 Å². The van der Waals surface area contributed by atoms with Crippen LogP contribution in [0, 0.1) is 40.9 Å². The zero-order valence-corrected chi connectivity index (χ0v) is 42.0. The van der Waals surface area contributed by atoms with E-state index >= 15 is 0 Å². The molecule has 6 aliphatic heterocycles. The molecule has 6 saturated heterocycles. The van der Waals surface area contributed by atoms with Crippen LogP contribution in [0.1, 0.15) is 133 Å². The zero-order chi connectivity index (χ0) is 45.7. The molecule has 6 unspecified atom stereocenters. The molecule has 356 valence electrons. The number of carboxylic acid groups (broad SMARTS) is 1. The smallest absolute Gasteiger partial charge is 0.550 e. The number of carbonyl (C=O) groups excluding carboxylic acids is 2. The van der Waals surface area contributed by atoms with Crippen molar-refractivity contribution in [1.29, 1.82) is 0 Å². The third-order valence-electron chi connectivity index (χ3n) is 15.8. The van der Waals surface area contributed by atoms with E-state index in [9.17, 15) is 35.1 Å². The predicted molar refractivity (Wildman–Crippen MR) is 223 cm³/mol. The van der Waals surface area contributed by atoms with Crippen molar-refractivity contribution in [2.45, 2.75) is 212 Å². The van der Waals surface area contributed by atoms with Crippen LogP contribution in [0.3, 0.4) is 0 Å². The van der Waals surface area contributed by atoms with E-state index < -0.39 is 108 Å². The Kier molecular flexibility index (Phi) is 17.4. The predicted octanol–water partition coefficient (Wildman–Crippen LogP) is 0.935. The Morgan fingerprint density at radius 2 is 1.65 bits per heavy atom. The largest absolute Gasteiger partial charge is 1.00 e. The Hall–Kier alpha value is -0.600. The van der Waals surface area contributed by atoms with Gasteiger partial charge in [-0.1, -0.05) is 61.5 Å². The average molecular weight is 905 g/mol. The van der Waals surface area contributed by atoms with Gasteiger partial charge in [0.25, 0.3) is 0 Å². The Balaban J connectivity index is 0.00000748. The summed E-state index contributed by atoms with van der Waals surface area (Å²) >= 11 is 0. The van der Waals surface area contributed by atoms with Crippen molar-refractivity contribution in [3.8, 4) is 0 Å². The fourth-order valence-corrected chi connectivity index (χ4v) is 11.6. The molecule has 6 fully saturated rings.